The summed E-state index contributed by atoms with van der Waals surface area (Å²) in [5.41, 5.74) is 1.31. The van der Waals surface area contributed by atoms with Crippen LogP contribution in [-0.2, 0) is 27.4 Å². The first-order valence-corrected chi connectivity index (χ1v) is 7.54. The van der Waals surface area contributed by atoms with Gasteiger partial charge in [-0.15, -0.1) is 0 Å². The summed E-state index contributed by atoms with van der Waals surface area (Å²) in [6, 6.07) is 7.34. The summed E-state index contributed by atoms with van der Waals surface area (Å²) in [4.78, 5) is 10.4. The topological polar surface area (TPSA) is 89.3 Å². The average molecular weight is 282 g/mol. The lowest BCUT2D eigenvalue weighted by molar-refractivity contribution is -0.136. The summed E-state index contributed by atoms with van der Waals surface area (Å²) in [6.45, 7) is 0. The van der Waals surface area contributed by atoms with E-state index in [-0.39, 0.29) is 17.9 Å². The smallest absolute Gasteiger partial charge is 0.304 e. The predicted octanol–water partition coefficient (Wildman–Crippen LogP) is 0.963. The Kier molecular flexibility index (Phi) is 3.57. The maximum absolute atomic E-state index is 11.8. The van der Waals surface area contributed by atoms with Crippen LogP contribution in [0.1, 0.15) is 12.1 Å². The second-order valence-corrected chi connectivity index (χ2v) is 6.51. The van der Waals surface area contributed by atoms with Crippen LogP contribution in [0.15, 0.2) is 24.3 Å². The molecule has 7 heteroatoms. The number of nitrogens with zero attached hydrogens (tertiary/aromatic N) is 2. The molecule has 0 aliphatic rings. The Hall–Kier alpha value is -1.89. The van der Waals surface area contributed by atoms with Gasteiger partial charge in [0.2, 0.25) is 0 Å². The van der Waals surface area contributed by atoms with Crippen LogP contribution >= 0.6 is 0 Å². The third-order valence-electron chi connectivity index (χ3n) is 2.82. The maximum Gasteiger partial charge on any atom is 0.304 e. The van der Waals surface area contributed by atoms with Crippen LogP contribution in [0.25, 0.3) is 10.9 Å². The minimum absolute atomic E-state index is 0.234. The molecule has 2 aromatic rings. The van der Waals surface area contributed by atoms with E-state index in [1.807, 2.05) is 24.3 Å². The second kappa shape index (κ2) is 5.00. The van der Waals surface area contributed by atoms with Crippen molar-refractivity contribution in [2.24, 2.45) is 7.05 Å². The Morgan fingerprint density at radius 1 is 1.37 bits per heavy atom. The van der Waals surface area contributed by atoms with Crippen molar-refractivity contribution in [1.29, 1.82) is 0 Å². The highest BCUT2D eigenvalue weighted by molar-refractivity contribution is 7.90. The number of aromatic nitrogens is 2. The number of rotatable bonds is 5. The molecule has 1 N–H and O–H groups in total. The molecule has 1 aromatic heterocycles. The fourth-order valence-electron chi connectivity index (χ4n) is 1.92. The van der Waals surface area contributed by atoms with E-state index < -0.39 is 15.8 Å². The molecule has 0 aliphatic heterocycles. The van der Waals surface area contributed by atoms with Gasteiger partial charge in [0.15, 0.2) is 9.84 Å². The number of carboxylic acid groups (broad SMARTS) is 1. The van der Waals surface area contributed by atoms with Crippen LogP contribution in [0.4, 0.5) is 0 Å². The molecular weight excluding hydrogens is 268 g/mol. The fourth-order valence-corrected chi connectivity index (χ4v) is 3.18. The van der Waals surface area contributed by atoms with E-state index in [1.54, 1.807) is 11.7 Å². The Balaban J connectivity index is 2.29. The molecule has 1 heterocycles. The molecule has 0 aliphatic carbocycles. The van der Waals surface area contributed by atoms with Crippen molar-refractivity contribution in [1.82, 2.24) is 9.78 Å². The van der Waals surface area contributed by atoms with E-state index in [4.69, 9.17) is 5.11 Å². The van der Waals surface area contributed by atoms with Crippen LogP contribution in [0, 0.1) is 0 Å². The lowest BCUT2D eigenvalue weighted by Gasteiger charge is -2.00. The molecule has 0 saturated heterocycles. The number of aryl methyl sites for hydroxylation is 1. The first kappa shape index (κ1) is 13.5. The third kappa shape index (κ3) is 3.11. The number of carboxylic acids is 1. The van der Waals surface area contributed by atoms with Gasteiger partial charge in [0.25, 0.3) is 0 Å². The van der Waals surface area contributed by atoms with Gasteiger partial charge >= 0.3 is 5.97 Å². The number of benzene rings is 1. The van der Waals surface area contributed by atoms with E-state index in [0.29, 0.717) is 5.69 Å². The van der Waals surface area contributed by atoms with E-state index >= 15 is 0 Å². The molecule has 19 heavy (non-hydrogen) atoms. The third-order valence-corrected chi connectivity index (χ3v) is 4.36. The van der Waals surface area contributed by atoms with Crippen molar-refractivity contribution in [2.75, 3.05) is 5.75 Å². The summed E-state index contributed by atoms with van der Waals surface area (Å²) in [7, 11) is -1.72. The first-order valence-electron chi connectivity index (χ1n) is 5.72. The van der Waals surface area contributed by atoms with Crippen molar-refractivity contribution in [3.8, 4) is 0 Å². The van der Waals surface area contributed by atoms with Crippen molar-refractivity contribution >= 4 is 26.7 Å². The van der Waals surface area contributed by atoms with Gasteiger partial charge in [0.1, 0.15) is 0 Å². The number of fused-ring (bicyclic) bond motifs is 1. The molecule has 0 fully saturated rings. The summed E-state index contributed by atoms with van der Waals surface area (Å²) in [5.74, 6) is -1.72. The summed E-state index contributed by atoms with van der Waals surface area (Å²) in [6.07, 6.45) is -0.382. The molecule has 0 atom stereocenters. The van der Waals surface area contributed by atoms with Crippen molar-refractivity contribution in [3.05, 3.63) is 30.0 Å². The molecule has 2 rings (SSSR count). The molecule has 0 spiro atoms. The molecule has 6 nitrogen and oxygen atoms in total. The number of para-hydroxylation sites is 1. The zero-order valence-electron chi connectivity index (χ0n) is 10.4. The lowest BCUT2D eigenvalue weighted by atomic mass is 10.2. The molecule has 0 amide bonds. The SMILES string of the molecule is Cn1nc(CS(=O)(=O)CCC(=O)O)c2ccccc21. The molecule has 0 saturated carbocycles. The van der Waals surface area contributed by atoms with Gasteiger partial charge in [-0.1, -0.05) is 18.2 Å². The Morgan fingerprint density at radius 3 is 2.74 bits per heavy atom. The molecular formula is C12H14N2O4S. The predicted molar refractivity (Wildman–Crippen MR) is 70.5 cm³/mol. The number of carbonyl (C=O) groups is 1. The monoisotopic (exact) mass is 282 g/mol. The summed E-state index contributed by atoms with van der Waals surface area (Å²) < 4.78 is 25.3. The molecule has 0 bridgehead atoms. The van der Waals surface area contributed by atoms with Crippen molar-refractivity contribution < 1.29 is 18.3 Å². The van der Waals surface area contributed by atoms with Gasteiger partial charge < -0.3 is 5.11 Å². The van der Waals surface area contributed by atoms with Crippen LogP contribution in [0.5, 0.6) is 0 Å². The van der Waals surface area contributed by atoms with Gasteiger partial charge in [-0.05, 0) is 6.07 Å². The van der Waals surface area contributed by atoms with Gasteiger partial charge in [-0.2, -0.15) is 5.10 Å². The van der Waals surface area contributed by atoms with Crippen LogP contribution in [0.3, 0.4) is 0 Å². The molecule has 0 unspecified atom stereocenters. The second-order valence-electron chi connectivity index (χ2n) is 4.32. The minimum atomic E-state index is -3.46. The number of hydrogen-bond acceptors (Lipinski definition) is 4. The number of aliphatic carboxylic acids is 1. The Labute approximate surface area is 110 Å². The highest BCUT2D eigenvalue weighted by Crippen LogP contribution is 2.19. The quantitative estimate of drug-likeness (QED) is 0.882. The summed E-state index contributed by atoms with van der Waals surface area (Å²) >= 11 is 0. The van der Waals surface area contributed by atoms with E-state index in [1.165, 1.54) is 0 Å². The zero-order valence-corrected chi connectivity index (χ0v) is 11.2. The maximum atomic E-state index is 11.8. The number of sulfone groups is 1. The van der Waals surface area contributed by atoms with E-state index in [9.17, 15) is 13.2 Å². The highest BCUT2D eigenvalue weighted by Gasteiger charge is 2.18. The Morgan fingerprint density at radius 2 is 2.05 bits per heavy atom. The average Bonchev–Trinajstić information content (AvgIpc) is 2.64. The summed E-state index contributed by atoms with van der Waals surface area (Å²) in [5, 5.41) is 13.5. The lowest BCUT2D eigenvalue weighted by Crippen LogP contribution is -2.13. The van der Waals surface area contributed by atoms with Crippen LogP contribution in [-0.4, -0.2) is 35.0 Å². The number of hydrogen-bond donors (Lipinski definition) is 1. The van der Waals surface area contributed by atoms with Crippen molar-refractivity contribution in [3.63, 3.8) is 0 Å². The molecule has 102 valence electrons. The highest BCUT2D eigenvalue weighted by atomic mass is 32.2. The van der Waals surface area contributed by atoms with Crippen molar-refractivity contribution in [2.45, 2.75) is 12.2 Å². The van der Waals surface area contributed by atoms with Crippen LogP contribution in [0.2, 0.25) is 0 Å². The zero-order chi connectivity index (χ0) is 14.0. The van der Waals surface area contributed by atoms with E-state index in [0.717, 1.165) is 10.9 Å². The van der Waals surface area contributed by atoms with Gasteiger partial charge in [-0.25, -0.2) is 8.42 Å². The molecule has 1 aromatic carbocycles. The first-order chi connectivity index (χ1) is 8.89. The molecule has 0 radical (unpaired) electrons. The largest absolute Gasteiger partial charge is 0.481 e. The Bertz CT molecular complexity index is 718. The normalized spacial score (nSPS) is 11.8. The van der Waals surface area contributed by atoms with Crippen LogP contribution < -0.4 is 0 Å². The van der Waals surface area contributed by atoms with Gasteiger partial charge in [0, 0.05) is 12.4 Å². The van der Waals surface area contributed by atoms with E-state index in [2.05, 4.69) is 5.10 Å². The standard InChI is InChI=1S/C12H14N2O4S/c1-14-11-5-3-2-4-9(11)10(13-14)8-19(17,18)7-6-12(15)16/h2-5H,6-8H2,1H3,(H,15,16). The fraction of sp³-hybridized carbons (Fsp3) is 0.333. The van der Waals surface area contributed by atoms with Gasteiger partial charge in [-0.3, -0.25) is 9.48 Å². The minimum Gasteiger partial charge on any atom is -0.481 e. The van der Waals surface area contributed by atoms with Gasteiger partial charge in [0.05, 0.1) is 29.1 Å².